The van der Waals surface area contributed by atoms with Gasteiger partial charge in [-0.1, -0.05) is 94.8 Å². The lowest BCUT2D eigenvalue weighted by atomic mass is 10.0. The molecule has 0 aromatic heterocycles. The van der Waals surface area contributed by atoms with Gasteiger partial charge in [-0.3, -0.25) is 4.79 Å². The van der Waals surface area contributed by atoms with Crippen molar-refractivity contribution < 1.29 is 18.8 Å². The highest BCUT2D eigenvalue weighted by Crippen LogP contribution is 2.19. The summed E-state index contributed by atoms with van der Waals surface area (Å²) in [6.07, 6.45) is 10.7. The fourth-order valence-corrected chi connectivity index (χ4v) is 4.16. The van der Waals surface area contributed by atoms with Crippen molar-refractivity contribution in [2.75, 3.05) is 20.6 Å². The van der Waals surface area contributed by atoms with Gasteiger partial charge in [0.2, 0.25) is 6.29 Å². The molecule has 0 saturated heterocycles. The van der Waals surface area contributed by atoms with Gasteiger partial charge in [0, 0.05) is 12.0 Å². The first kappa shape index (κ1) is 27.9. The third-order valence-electron chi connectivity index (χ3n) is 6.21. The number of benzene rings is 2. The fourth-order valence-electron chi connectivity index (χ4n) is 4.16. The minimum absolute atomic E-state index is 0.203. The number of rotatable bonds is 17. The SMILES string of the molecule is CCCCCCCCCc1cccc(OC(CC)OC(=O)CC[N+](C)(C)Cc2ccccc2)c1. The van der Waals surface area contributed by atoms with Crippen molar-refractivity contribution in [1.29, 1.82) is 0 Å². The van der Waals surface area contributed by atoms with Crippen molar-refractivity contribution in [2.24, 2.45) is 0 Å². The van der Waals surface area contributed by atoms with E-state index < -0.39 is 6.29 Å². The average molecular weight is 469 g/mol. The number of carbonyl (C=O) groups is 1. The number of ether oxygens (including phenoxy) is 2. The number of carbonyl (C=O) groups excluding carboxylic acids is 1. The molecule has 4 heteroatoms. The van der Waals surface area contributed by atoms with Crippen LogP contribution in [0.25, 0.3) is 0 Å². The molecule has 1 atom stereocenters. The van der Waals surface area contributed by atoms with E-state index in [9.17, 15) is 4.79 Å². The van der Waals surface area contributed by atoms with Crippen molar-refractivity contribution in [3.63, 3.8) is 0 Å². The molecule has 4 nitrogen and oxygen atoms in total. The van der Waals surface area contributed by atoms with Gasteiger partial charge in [-0.15, -0.1) is 0 Å². The third-order valence-corrected chi connectivity index (χ3v) is 6.21. The molecule has 2 aromatic carbocycles. The molecular formula is C30H46NO3+. The van der Waals surface area contributed by atoms with E-state index in [-0.39, 0.29) is 5.97 Å². The second-order valence-corrected chi connectivity index (χ2v) is 10.0. The molecule has 0 fully saturated rings. The fraction of sp³-hybridized carbons (Fsp3) is 0.567. The standard InChI is InChI=1S/C30H46NO3/c1-5-7-8-9-10-11-13-17-26-20-16-21-28(24-26)33-30(6-2)34-29(32)22-23-31(3,4)25-27-18-14-12-15-19-27/h12,14-16,18-21,24,30H,5-11,13,17,22-23,25H2,1-4H3/q+1. The summed E-state index contributed by atoms with van der Waals surface area (Å²) < 4.78 is 12.4. The maximum atomic E-state index is 12.5. The zero-order valence-corrected chi connectivity index (χ0v) is 21.9. The first-order valence-corrected chi connectivity index (χ1v) is 13.2. The average Bonchev–Trinajstić information content (AvgIpc) is 2.82. The number of aryl methyl sites for hydroxylation is 1. The van der Waals surface area contributed by atoms with Crippen LogP contribution < -0.4 is 4.74 Å². The summed E-state index contributed by atoms with van der Waals surface area (Å²) in [7, 11) is 4.29. The summed E-state index contributed by atoms with van der Waals surface area (Å²) in [4.78, 5) is 12.5. The Morgan fingerprint density at radius 1 is 0.853 bits per heavy atom. The van der Waals surface area contributed by atoms with Crippen LogP contribution in [-0.4, -0.2) is 37.4 Å². The molecule has 0 spiro atoms. The normalized spacial score (nSPS) is 12.4. The maximum Gasteiger partial charge on any atom is 0.314 e. The van der Waals surface area contributed by atoms with Gasteiger partial charge in [0.05, 0.1) is 27.1 Å². The number of quaternary nitrogens is 1. The van der Waals surface area contributed by atoms with Gasteiger partial charge in [-0.25, -0.2) is 0 Å². The van der Waals surface area contributed by atoms with Crippen molar-refractivity contribution in [3.8, 4) is 5.75 Å². The van der Waals surface area contributed by atoms with Crippen molar-refractivity contribution in [2.45, 2.75) is 90.9 Å². The Balaban J connectivity index is 1.74. The summed E-state index contributed by atoms with van der Waals surface area (Å²) in [5.74, 6) is 0.575. The van der Waals surface area contributed by atoms with Gasteiger partial charge in [-0.05, 0) is 30.5 Å². The monoisotopic (exact) mass is 468 g/mol. The van der Waals surface area contributed by atoms with Crippen LogP contribution in [-0.2, 0) is 22.5 Å². The zero-order chi connectivity index (χ0) is 24.7. The number of unbranched alkanes of at least 4 members (excludes halogenated alkanes) is 6. The summed E-state index contributed by atoms with van der Waals surface area (Å²) in [5.41, 5.74) is 2.55. The molecule has 0 amide bonds. The van der Waals surface area contributed by atoms with E-state index in [4.69, 9.17) is 9.47 Å². The molecule has 0 aliphatic carbocycles. The molecule has 188 valence electrons. The highest BCUT2D eigenvalue weighted by Gasteiger charge is 2.21. The quantitative estimate of drug-likeness (QED) is 0.106. The van der Waals surface area contributed by atoms with E-state index in [0.29, 0.717) is 12.8 Å². The second kappa shape index (κ2) is 15.5. The minimum atomic E-state index is -0.550. The summed E-state index contributed by atoms with van der Waals surface area (Å²) in [6, 6.07) is 18.6. The molecule has 1 unspecified atom stereocenters. The van der Waals surface area contributed by atoms with E-state index in [0.717, 1.165) is 29.7 Å². The van der Waals surface area contributed by atoms with Crippen molar-refractivity contribution >= 4 is 5.97 Å². The predicted molar refractivity (Wildman–Crippen MR) is 141 cm³/mol. The molecule has 0 saturated carbocycles. The highest BCUT2D eigenvalue weighted by atomic mass is 16.7. The molecule has 0 bridgehead atoms. The van der Waals surface area contributed by atoms with Crippen LogP contribution in [0.4, 0.5) is 0 Å². The number of hydrogen-bond donors (Lipinski definition) is 0. The van der Waals surface area contributed by atoms with Gasteiger partial charge in [-0.2, -0.15) is 0 Å². The predicted octanol–water partition coefficient (Wildman–Crippen LogP) is 7.30. The topological polar surface area (TPSA) is 35.5 Å². The van der Waals surface area contributed by atoms with Crippen LogP contribution in [0.1, 0.15) is 82.8 Å². The van der Waals surface area contributed by atoms with Gasteiger partial charge in [0.25, 0.3) is 0 Å². The van der Waals surface area contributed by atoms with Crippen LogP contribution in [0, 0.1) is 0 Å². The minimum Gasteiger partial charge on any atom is -0.455 e. The molecular weight excluding hydrogens is 422 g/mol. The Bertz CT molecular complexity index is 819. The molecule has 0 heterocycles. The first-order valence-electron chi connectivity index (χ1n) is 13.2. The number of nitrogens with zero attached hydrogens (tertiary/aromatic N) is 1. The number of hydrogen-bond acceptors (Lipinski definition) is 3. The van der Waals surface area contributed by atoms with Crippen LogP contribution in [0.3, 0.4) is 0 Å². The van der Waals surface area contributed by atoms with Crippen LogP contribution >= 0.6 is 0 Å². The van der Waals surface area contributed by atoms with Gasteiger partial charge >= 0.3 is 5.97 Å². The molecule has 2 aromatic rings. The Morgan fingerprint density at radius 3 is 2.24 bits per heavy atom. The molecule has 0 aliphatic rings. The lowest BCUT2D eigenvalue weighted by Gasteiger charge is -2.29. The van der Waals surface area contributed by atoms with E-state index in [1.165, 1.54) is 56.1 Å². The van der Waals surface area contributed by atoms with Gasteiger partial charge in [0.15, 0.2) is 0 Å². The lowest BCUT2D eigenvalue weighted by molar-refractivity contribution is -0.903. The van der Waals surface area contributed by atoms with Crippen LogP contribution in [0.5, 0.6) is 5.75 Å². The Kier molecular flexibility index (Phi) is 12.8. The van der Waals surface area contributed by atoms with Crippen LogP contribution in [0.15, 0.2) is 54.6 Å². The summed E-state index contributed by atoms with van der Waals surface area (Å²) in [5, 5.41) is 0. The highest BCUT2D eigenvalue weighted by molar-refractivity contribution is 5.69. The van der Waals surface area contributed by atoms with E-state index in [1.54, 1.807) is 0 Å². The van der Waals surface area contributed by atoms with Crippen molar-refractivity contribution in [1.82, 2.24) is 0 Å². The third kappa shape index (κ3) is 11.7. The Labute approximate surface area is 207 Å². The van der Waals surface area contributed by atoms with Gasteiger partial charge in [0.1, 0.15) is 12.3 Å². The summed E-state index contributed by atoms with van der Waals surface area (Å²) in [6.45, 7) is 5.84. The second-order valence-electron chi connectivity index (χ2n) is 10.0. The largest absolute Gasteiger partial charge is 0.455 e. The Morgan fingerprint density at radius 2 is 1.53 bits per heavy atom. The molecule has 0 aliphatic heterocycles. The molecule has 0 N–H and O–H groups in total. The first-order chi connectivity index (χ1) is 16.4. The van der Waals surface area contributed by atoms with Crippen LogP contribution in [0.2, 0.25) is 0 Å². The maximum absolute atomic E-state index is 12.5. The molecule has 2 rings (SSSR count). The molecule has 34 heavy (non-hydrogen) atoms. The van der Waals surface area contributed by atoms with Gasteiger partial charge < -0.3 is 14.0 Å². The number of esters is 1. The zero-order valence-electron chi connectivity index (χ0n) is 21.9. The lowest BCUT2D eigenvalue weighted by Crippen LogP contribution is -2.41. The Hall–Kier alpha value is -2.33. The summed E-state index contributed by atoms with van der Waals surface area (Å²) >= 11 is 0. The smallest absolute Gasteiger partial charge is 0.314 e. The van der Waals surface area contributed by atoms with E-state index >= 15 is 0 Å². The van der Waals surface area contributed by atoms with E-state index in [1.807, 2.05) is 25.1 Å². The van der Waals surface area contributed by atoms with Crippen molar-refractivity contribution in [3.05, 3.63) is 65.7 Å². The molecule has 0 radical (unpaired) electrons. The van der Waals surface area contributed by atoms with E-state index in [2.05, 4.69) is 57.4 Å².